The van der Waals surface area contributed by atoms with Gasteiger partial charge in [-0.25, -0.2) is 4.79 Å². The lowest BCUT2D eigenvalue weighted by Crippen LogP contribution is -2.28. The number of halogens is 1. The lowest BCUT2D eigenvalue weighted by molar-refractivity contribution is 0.0595. The number of benzene rings is 1. The number of rotatable bonds is 1. The summed E-state index contributed by atoms with van der Waals surface area (Å²) < 4.78 is 8.36. The molecular formula is C15H14BrN3O2. The Morgan fingerprint density at radius 1 is 1.43 bits per heavy atom. The summed E-state index contributed by atoms with van der Waals surface area (Å²) >= 11 is 3.50. The molecule has 0 bridgehead atoms. The zero-order valence-electron chi connectivity index (χ0n) is 11.3. The smallest absolute Gasteiger partial charge is 0.326 e. The molecule has 5 nitrogen and oxygen atoms in total. The van der Waals surface area contributed by atoms with Gasteiger partial charge in [0.25, 0.3) is 0 Å². The van der Waals surface area contributed by atoms with Gasteiger partial charge in [-0.3, -0.25) is 9.55 Å². The zero-order chi connectivity index (χ0) is 14.4. The van der Waals surface area contributed by atoms with E-state index in [9.17, 15) is 4.79 Å². The molecular weight excluding hydrogens is 334 g/mol. The minimum absolute atomic E-state index is 0.0876. The largest absolute Gasteiger partial charge is 0.379 e. The molecule has 0 unspecified atom stereocenters. The second-order valence-corrected chi connectivity index (χ2v) is 6.27. The maximum absolute atomic E-state index is 12.4. The number of aromatic amines is 1. The van der Waals surface area contributed by atoms with E-state index in [0.717, 1.165) is 45.9 Å². The summed E-state index contributed by atoms with van der Waals surface area (Å²) in [6.45, 7) is 1.37. The molecule has 0 radical (unpaired) electrons. The molecule has 4 rings (SSSR count). The molecule has 6 heteroatoms. The molecule has 0 amide bonds. The number of ether oxygens (including phenoxy) is 1. The molecule has 1 aliphatic rings. The Kier molecular flexibility index (Phi) is 3.08. The van der Waals surface area contributed by atoms with E-state index in [2.05, 4.69) is 25.9 Å². The Morgan fingerprint density at radius 3 is 3.14 bits per heavy atom. The van der Waals surface area contributed by atoms with Crippen LogP contribution in [0.15, 0.2) is 33.7 Å². The average molecular weight is 348 g/mol. The Bertz CT molecular complexity index is 878. The van der Waals surface area contributed by atoms with Crippen molar-refractivity contribution < 1.29 is 4.74 Å². The van der Waals surface area contributed by atoms with Crippen LogP contribution in [0.1, 0.15) is 18.9 Å². The Balaban J connectivity index is 2.06. The second-order valence-electron chi connectivity index (χ2n) is 5.35. The number of nitrogens with one attached hydrogen (secondary N) is 1. The van der Waals surface area contributed by atoms with E-state index >= 15 is 0 Å². The molecule has 21 heavy (non-hydrogen) atoms. The van der Waals surface area contributed by atoms with Gasteiger partial charge in [0, 0.05) is 16.5 Å². The highest BCUT2D eigenvalue weighted by Crippen LogP contribution is 2.28. The molecule has 2 aromatic heterocycles. The Morgan fingerprint density at radius 2 is 2.33 bits per heavy atom. The summed E-state index contributed by atoms with van der Waals surface area (Å²) in [6.07, 6.45) is 3.67. The molecule has 1 atom stereocenters. The third kappa shape index (κ3) is 2.10. The predicted octanol–water partition coefficient (Wildman–Crippen LogP) is 2.99. The van der Waals surface area contributed by atoms with Crippen LogP contribution in [-0.2, 0) is 4.74 Å². The van der Waals surface area contributed by atoms with Crippen LogP contribution in [-0.4, -0.2) is 27.7 Å². The van der Waals surface area contributed by atoms with Crippen molar-refractivity contribution in [3.05, 3.63) is 39.4 Å². The first kappa shape index (κ1) is 13.0. The monoisotopic (exact) mass is 347 g/mol. The fourth-order valence-electron chi connectivity index (χ4n) is 3.05. The number of fused-ring (bicyclic) bond motifs is 3. The van der Waals surface area contributed by atoms with Gasteiger partial charge in [-0.1, -0.05) is 15.9 Å². The maximum atomic E-state index is 12.4. The maximum Gasteiger partial charge on any atom is 0.326 e. The van der Waals surface area contributed by atoms with Crippen molar-refractivity contribution in [1.29, 1.82) is 0 Å². The van der Waals surface area contributed by atoms with E-state index in [1.54, 1.807) is 6.20 Å². The molecule has 0 aliphatic carbocycles. The van der Waals surface area contributed by atoms with Crippen LogP contribution in [0.25, 0.3) is 21.9 Å². The third-order valence-corrected chi connectivity index (χ3v) is 4.50. The van der Waals surface area contributed by atoms with Gasteiger partial charge in [-0.15, -0.1) is 0 Å². The molecule has 1 aliphatic heterocycles. The molecule has 0 saturated carbocycles. The summed E-state index contributed by atoms with van der Waals surface area (Å²) in [6, 6.07) is 6.01. The van der Waals surface area contributed by atoms with Gasteiger partial charge in [-0.2, -0.15) is 0 Å². The van der Waals surface area contributed by atoms with Crippen molar-refractivity contribution in [3.8, 4) is 0 Å². The minimum atomic E-state index is -0.0882. The first-order valence-corrected chi connectivity index (χ1v) is 7.79. The Hall–Kier alpha value is -1.66. The van der Waals surface area contributed by atoms with Crippen LogP contribution >= 0.6 is 15.9 Å². The van der Waals surface area contributed by atoms with Crippen molar-refractivity contribution in [2.24, 2.45) is 0 Å². The lowest BCUT2D eigenvalue weighted by atomic mass is 10.1. The molecule has 3 aromatic rings. The summed E-state index contributed by atoms with van der Waals surface area (Å²) in [5, 5.41) is 0.978. The van der Waals surface area contributed by atoms with Crippen LogP contribution in [0.4, 0.5) is 0 Å². The molecule has 0 spiro atoms. The van der Waals surface area contributed by atoms with Crippen LogP contribution in [0, 0.1) is 0 Å². The molecule has 108 valence electrons. The number of hydrogen-bond acceptors (Lipinski definition) is 3. The second kappa shape index (κ2) is 4.96. The average Bonchev–Trinajstić information content (AvgIpc) is 2.84. The number of imidazole rings is 1. The van der Waals surface area contributed by atoms with E-state index < -0.39 is 0 Å². The van der Waals surface area contributed by atoms with Crippen molar-refractivity contribution in [1.82, 2.24) is 14.5 Å². The van der Waals surface area contributed by atoms with Gasteiger partial charge in [0.15, 0.2) is 0 Å². The minimum Gasteiger partial charge on any atom is -0.379 e. The third-order valence-electron chi connectivity index (χ3n) is 4.00. The number of aromatic nitrogens is 3. The van der Waals surface area contributed by atoms with Gasteiger partial charge in [0.1, 0.15) is 0 Å². The number of nitrogens with zero attached hydrogens (tertiary/aromatic N) is 2. The zero-order valence-corrected chi connectivity index (χ0v) is 12.9. The highest BCUT2D eigenvalue weighted by atomic mass is 79.9. The summed E-state index contributed by atoms with van der Waals surface area (Å²) in [5.74, 6) is 0. The Labute approximate surface area is 129 Å². The predicted molar refractivity (Wildman–Crippen MR) is 84.6 cm³/mol. The van der Waals surface area contributed by atoms with Crippen molar-refractivity contribution in [2.75, 3.05) is 13.2 Å². The first-order valence-electron chi connectivity index (χ1n) is 7.00. The molecule has 1 aromatic carbocycles. The lowest BCUT2D eigenvalue weighted by Gasteiger charge is -2.23. The fourth-order valence-corrected chi connectivity index (χ4v) is 3.42. The van der Waals surface area contributed by atoms with E-state index in [1.165, 1.54) is 0 Å². The summed E-state index contributed by atoms with van der Waals surface area (Å²) in [7, 11) is 0. The number of pyridine rings is 1. The molecule has 1 saturated heterocycles. The summed E-state index contributed by atoms with van der Waals surface area (Å²) in [5.41, 5.74) is 2.49. The van der Waals surface area contributed by atoms with Crippen molar-refractivity contribution in [3.63, 3.8) is 0 Å². The van der Waals surface area contributed by atoms with E-state index in [-0.39, 0.29) is 11.7 Å². The van der Waals surface area contributed by atoms with Gasteiger partial charge in [0.2, 0.25) is 0 Å². The van der Waals surface area contributed by atoms with Gasteiger partial charge >= 0.3 is 5.69 Å². The first-order chi connectivity index (χ1) is 10.2. The fraction of sp³-hybridized carbons (Fsp3) is 0.333. The highest BCUT2D eigenvalue weighted by molar-refractivity contribution is 9.10. The highest BCUT2D eigenvalue weighted by Gasteiger charge is 2.21. The van der Waals surface area contributed by atoms with E-state index in [0.29, 0.717) is 6.61 Å². The molecule has 3 heterocycles. The van der Waals surface area contributed by atoms with Crippen LogP contribution in [0.2, 0.25) is 0 Å². The van der Waals surface area contributed by atoms with Crippen molar-refractivity contribution in [2.45, 2.75) is 18.9 Å². The standard InChI is InChI=1S/C15H14BrN3O2/c16-9-3-4-12-11(6-9)14-13(7-17-12)18-15(20)19(14)10-2-1-5-21-8-10/h3-4,6-7,10H,1-2,5,8H2,(H,18,20)/t10-/m1/s1. The van der Waals surface area contributed by atoms with Gasteiger partial charge in [-0.05, 0) is 31.0 Å². The topological polar surface area (TPSA) is 59.9 Å². The molecule has 1 N–H and O–H groups in total. The quantitative estimate of drug-likeness (QED) is 0.736. The number of hydrogen-bond donors (Lipinski definition) is 1. The summed E-state index contributed by atoms with van der Waals surface area (Å²) in [4.78, 5) is 19.7. The molecule has 1 fully saturated rings. The normalized spacial score (nSPS) is 19.4. The SMILES string of the molecule is O=c1[nH]c2cnc3ccc(Br)cc3c2n1[C@@H]1CCCOC1. The number of H-pyrrole nitrogens is 1. The van der Waals surface area contributed by atoms with Crippen LogP contribution in [0.3, 0.4) is 0 Å². The van der Waals surface area contributed by atoms with Gasteiger partial charge in [0.05, 0.1) is 35.4 Å². The van der Waals surface area contributed by atoms with Crippen LogP contribution in [0.5, 0.6) is 0 Å². The van der Waals surface area contributed by atoms with E-state index in [4.69, 9.17) is 4.74 Å². The van der Waals surface area contributed by atoms with Crippen LogP contribution < -0.4 is 5.69 Å². The van der Waals surface area contributed by atoms with Crippen molar-refractivity contribution >= 4 is 37.9 Å². The van der Waals surface area contributed by atoms with E-state index in [1.807, 2.05) is 22.8 Å². The van der Waals surface area contributed by atoms with Gasteiger partial charge < -0.3 is 9.72 Å².